The number of aromatic nitrogens is 3. The van der Waals surface area contributed by atoms with Gasteiger partial charge in [0.25, 0.3) is 11.5 Å². The summed E-state index contributed by atoms with van der Waals surface area (Å²) >= 11 is 0. The molecule has 0 saturated carbocycles. The highest BCUT2D eigenvalue weighted by Crippen LogP contribution is 2.22. The van der Waals surface area contributed by atoms with Crippen molar-refractivity contribution >= 4 is 27.7 Å². The van der Waals surface area contributed by atoms with E-state index < -0.39 is 0 Å². The average molecular weight is 416 g/mol. The van der Waals surface area contributed by atoms with E-state index in [1.165, 1.54) is 10.2 Å². The van der Waals surface area contributed by atoms with E-state index in [0.29, 0.717) is 23.0 Å². The van der Waals surface area contributed by atoms with Crippen LogP contribution in [0.15, 0.2) is 53.5 Å². The standard InChI is InChI=1S/C24H24N4O3/c1-2-15-5-8-17(9-6-15)28-24(30)20-14-25-21-10-7-16(12-19(21)22(20)27-28)23(29)26-13-18-4-3-11-31-18/h5-10,12,14,18,27H,2-4,11,13H2,1H3,(H,26,29)/t18-/m0/s1. The second-order valence-electron chi connectivity index (χ2n) is 7.90. The minimum absolute atomic E-state index is 0.0854. The molecule has 2 N–H and O–H groups in total. The number of carbonyl (C=O) groups excluding carboxylic acids is 1. The molecule has 0 aliphatic carbocycles. The summed E-state index contributed by atoms with van der Waals surface area (Å²) in [5.74, 6) is -0.161. The van der Waals surface area contributed by atoms with E-state index >= 15 is 0 Å². The van der Waals surface area contributed by atoms with Gasteiger partial charge in [-0.3, -0.25) is 19.7 Å². The van der Waals surface area contributed by atoms with E-state index in [-0.39, 0.29) is 17.6 Å². The molecule has 1 aliphatic heterocycles. The number of aryl methyl sites for hydroxylation is 1. The normalized spacial score (nSPS) is 16.2. The largest absolute Gasteiger partial charge is 0.376 e. The lowest BCUT2D eigenvalue weighted by Crippen LogP contribution is -2.31. The van der Waals surface area contributed by atoms with Crippen molar-refractivity contribution < 1.29 is 9.53 Å². The number of amides is 1. The fourth-order valence-corrected chi connectivity index (χ4v) is 4.08. The summed E-state index contributed by atoms with van der Waals surface area (Å²) in [4.78, 5) is 30.1. The quantitative estimate of drug-likeness (QED) is 0.522. The minimum atomic E-state index is -0.165. The number of pyridine rings is 1. The number of fused-ring (bicyclic) bond motifs is 3. The van der Waals surface area contributed by atoms with Gasteiger partial charge in [-0.25, -0.2) is 4.68 Å². The predicted octanol–water partition coefficient (Wildman–Crippen LogP) is 3.34. The maximum atomic E-state index is 13.0. The van der Waals surface area contributed by atoms with Gasteiger partial charge < -0.3 is 10.1 Å². The summed E-state index contributed by atoms with van der Waals surface area (Å²) in [5.41, 5.74) is 3.72. The minimum Gasteiger partial charge on any atom is -0.376 e. The van der Waals surface area contributed by atoms with Gasteiger partial charge >= 0.3 is 0 Å². The van der Waals surface area contributed by atoms with Crippen LogP contribution in [0.25, 0.3) is 27.5 Å². The van der Waals surface area contributed by atoms with Gasteiger partial charge in [0.05, 0.1) is 28.2 Å². The average Bonchev–Trinajstić information content (AvgIpc) is 3.45. The number of ether oxygens (including phenoxy) is 1. The van der Waals surface area contributed by atoms with Gasteiger partial charge in [0, 0.05) is 30.3 Å². The summed E-state index contributed by atoms with van der Waals surface area (Å²) in [6.45, 7) is 3.35. The summed E-state index contributed by atoms with van der Waals surface area (Å²) in [5, 5.41) is 7.39. The Kier molecular flexibility index (Phi) is 5.03. The number of H-pyrrole nitrogens is 1. The highest BCUT2D eigenvalue weighted by molar-refractivity contribution is 6.06. The van der Waals surface area contributed by atoms with Gasteiger partial charge in [-0.05, 0) is 55.2 Å². The van der Waals surface area contributed by atoms with Crippen LogP contribution in [-0.2, 0) is 11.2 Å². The first-order chi connectivity index (χ1) is 15.1. The van der Waals surface area contributed by atoms with Gasteiger partial charge in [0.1, 0.15) is 0 Å². The zero-order valence-electron chi connectivity index (χ0n) is 17.4. The van der Waals surface area contributed by atoms with E-state index in [9.17, 15) is 9.59 Å². The fourth-order valence-electron chi connectivity index (χ4n) is 4.08. The lowest BCUT2D eigenvalue weighted by atomic mass is 10.1. The summed E-state index contributed by atoms with van der Waals surface area (Å²) < 4.78 is 7.10. The van der Waals surface area contributed by atoms with Crippen molar-refractivity contribution in [1.29, 1.82) is 0 Å². The molecule has 0 radical (unpaired) electrons. The Labute approximate surface area is 179 Å². The van der Waals surface area contributed by atoms with Crippen LogP contribution in [0.1, 0.15) is 35.7 Å². The third-order valence-corrected chi connectivity index (χ3v) is 5.90. The Bertz CT molecular complexity index is 1310. The number of aromatic amines is 1. The molecule has 2 aromatic heterocycles. The number of carbonyl (C=O) groups is 1. The number of benzene rings is 2. The number of hydrogen-bond acceptors (Lipinski definition) is 4. The predicted molar refractivity (Wildman–Crippen MR) is 120 cm³/mol. The molecule has 1 saturated heterocycles. The maximum absolute atomic E-state index is 13.0. The van der Waals surface area contributed by atoms with Crippen molar-refractivity contribution in [3.63, 3.8) is 0 Å². The number of rotatable bonds is 5. The van der Waals surface area contributed by atoms with Crippen LogP contribution in [0.2, 0.25) is 0 Å². The molecule has 1 amide bonds. The van der Waals surface area contributed by atoms with Crippen molar-refractivity contribution in [2.24, 2.45) is 0 Å². The second-order valence-corrected chi connectivity index (χ2v) is 7.90. The summed E-state index contributed by atoms with van der Waals surface area (Å²) in [7, 11) is 0. The van der Waals surface area contributed by atoms with E-state index in [4.69, 9.17) is 4.74 Å². The van der Waals surface area contributed by atoms with Crippen LogP contribution in [0.5, 0.6) is 0 Å². The van der Waals surface area contributed by atoms with E-state index in [2.05, 4.69) is 22.3 Å². The van der Waals surface area contributed by atoms with Crippen molar-refractivity contribution in [1.82, 2.24) is 20.1 Å². The molecule has 0 unspecified atom stereocenters. The Morgan fingerprint density at radius 2 is 2.06 bits per heavy atom. The third kappa shape index (κ3) is 3.61. The SMILES string of the molecule is CCc1ccc(-n2[nH]c3c(cnc4ccc(C(=O)NC[C@@H]5CCCO5)cc43)c2=O)cc1. The molecule has 31 heavy (non-hydrogen) atoms. The van der Waals surface area contributed by atoms with Crippen LogP contribution < -0.4 is 10.9 Å². The Hall–Kier alpha value is -3.45. The molecule has 2 aromatic carbocycles. The number of nitrogens with one attached hydrogen (secondary N) is 2. The lowest BCUT2D eigenvalue weighted by Gasteiger charge is -2.11. The molecule has 7 heteroatoms. The molecular weight excluding hydrogens is 392 g/mol. The zero-order chi connectivity index (χ0) is 21.4. The Morgan fingerprint density at radius 1 is 1.23 bits per heavy atom. The van der Waals surface area contributed by atoms with Crippen LogP contribution in [-0.4, -0.2) is 39.9 Å². The Morgan fingerprint density at radius 3 is 2.81 bits per heavy atom. The van der Waals surface area contributed by atoms with Gasteiger partial charge in [0.15, 0.2) is 0 Å². The molecule has 5 rings (SSSR count). The van der Waals surface area contributed by atoms with E-state index in [0.717, 1.165) is 42.5 Å². The monoisotopic (exact) mass is 416 g/mol. The third-order valence-electron chi connectivity index (χ3n) is 5.90. The molecule has 4 aromatic rings. The maximum Gasteiger partial charge on any atom is 0.280 e. The molecule has 1 atom stereocenters. The van der Waals surface area contributed by atoms with Crippen molar-refractivity contribution in [3.8, 4) is 5.69 Å². The molecule has 158 valence electrons. The van der Waals surface area contributed by atoms with Gasteiger partial charge in [0.2, 0.25) is 0 Å². The molecule has 3 heterocycles. The second kappa shape index (κ2) is 8.00. The highest BCUT2D eigenvalue weighted by atomic mass is 16.5. The van der Waals surface area contributed by atoms with Gasteiger partial charge in [-0.2, -0.15) is 0 Å². The van der Waals surface area contributed by atoms with Gasteiger partial charge in [-0.1, -0.05) is 19.1 Å². The summed E-state index contributed by atoms with van der Waals surface area (Å²) in [6, 6.07) is 13.2. The van der Waals surface area contributed by atoms with Crippen LogP contribution >= 0.6 is 0 Å². The highest BCUT2D eigenvalue weighted by Gasteiger charge is 2.18. The van der Waals surface area contributed by atoms with Crippen molar-refractivity contribution in [3.05, 3.63) is 70.1 Å². The number of hydrogen-bond donors (Lipinski definition) is 2. The van der Waals surface area contributed by atoms with Crippen LogP contribution in [0, 0.1) is 0 Å². The molecular formula is C24H24N4O3. The van der Waals surface area contributed by atoms with Crippen LogP contribution in [0.3, 0.4) is 0 Å². The fraction of sp³-hybridized carbons (Fsp3) is 0.292. The first-order valence-electron chi connectivity index (χ1n) is 10.7. The van der Waals surface area contributed by atoms with Gasteiger partial charge in [-0.15, -0.1) is 0 Å². The smallest absolute Gasteiger partial charge is 0.280 e. The van der Waals surface area contributed by atoms with E-state index in [1.54, 1.807) is 24.4 Å². The van der Waals surface area contributed by atoms with E-state index in [1.807, 2.05) is 24.3 Å². The molecule has 0 spiro atoms. The number of nitrogens with zero attached hydrogens (tertiary/aromatic N) is 2. The molecule has 1 fully saturated rings. The lowest BCUT2D eigenvalue weighted by molar-refractivity contribution is 0.0858. The molecule has 7 nitrogen and oxygen atoms in total. The van der Waals surface area contributed by atoms with Crippen molar-refractivity contribution in [2.45, 2.75) is 32.3 Å². The first kappa shape index (κ1) is 19.5. The topological polar surface area (TPSA) is 89.0 Å². The van der Waals surface area contributed by atoms with Crippen LogP contribution in [0.4, 0.5) is 0 Å². The summed E-state index contributed by atoms with van der Waals surface area (Å²) in [6.07, 6.45) is 4.61. The molecule has 1 aliphatic rings. The van der Waals surface area contributed by atoms with Crippen molar-refractivity contribution in [2.75, 3.05) is 13.2 Å². The zero-order valence-corrected chi connectivity index (χ0v) is 17.4. The first-order valence-corrected chi connectivity index (χ1v) is 10.7. The Balaban J connectivity index is 1.52. The molecule has 0 bridgehead atoms.